The second-order valence-corrected chi connectivity index (χ2v) is 7.50. The third kappa shape index (κ3) is 4.19. The van der Waals surface area contributed by atoms with Crippen LogP contribution in [0.15, 0.2) is 82.8 Å². The molecule has 6 nitrogen and oxygen atoms in total. The van der Waals surface area contributed by atoms with Gasteiger partial charge < -0.3 is 4.74 Å². The van der Waals surface area contributed by atoms with Crippen molar-refractivity contribution in [2.24, 2.45) is 0 Å². The number of carbonyl (C=O) groups excluding carboxylic acids is 1. The van der Waals surface area contributed by atoms with Crippen molar-refractivity contribution in [3.63, 3.8) is 0 Å². The first kappa shape index (κ1) is 17.9. The molecule has 0 saturated heterocycles. The first-order valence-corrected chi connectivity index (χ1v) is 9.32. The van der Waals surface area contributed by atoms with E-state index in [1.54, 1.807) is 30.3 Å². The lowest BCUT2D eigenvalue weighted by Gasteiger charge is -2.08. The second-order valence-electron chi connectivity index (χ2n) is 5.17. The van der Waals surface area contributed by atoms with Crippen LogP contribution in [0.1, 0.15) is 0 Å². The molecule has 0 fully saturated rings. The van der Waals surface area contributed by atoms with E-state index < -0.39 is 15.9 Å². The van der Waals surface area contributed by atoms with Gasteiger partial charge in [-0.1, -0.05) is 29.8 Å². The largest absolute Gasteiger partial charge is 0.417 e. The average Bonchev–Trinajstić information content (AvgIpc) is 2.63. The van der Waals surface area contributed by atoms with Crippen LogP contribution in [-0.2, 0) is 9.84 Å². The molecule has 1 heterocycles. The fourth-order valence-electron chi connectivity index (χ4n) is 2.10. The Hall–Kier alpha value is -2.90. The molecule has 0 radical (unpaired) electrons. The number of pyridine rings is 1. The number of carbonyl (C=O) groups is 1. The Morgan fingerprint density at radius 3 is 2.27 bits per heavy atom. The molecule has 0 aliphatic carbocycles. The zero-order chi connectivity index (χ0) is 18.6. The Kier molecular flexibility index (Phi) is 5.20. The molecule has 0 spiro atoms. The van der Waals surface area contributed by atoms with E-state index in [0.29, 0.717) is 16.5 Å². The molecule has 0 unspecified atom stereocenters. The molecular weight excluding hydrogens is 376 g/mol. The van der Waals surface area contributed by atoms with Crippen LogP contribution in [0.2, 0.25) is 5.02 Å². The standard InChI is InChI=1S/C18H13ClN2O4S/c19-13-6-11-17(20-12-13)26(23,24)16-9-7-14(8-10-16)21-18(22)25-15-4-2-1-3-5-15/h1-12H,(H,21,22). The van der Waals surface area contributed by atoms with Gasteiger partial charge in [0.25, 0.3) is 0 Å². The summed E-state index contributed by atoms with van der Waals surface area (Å²) < 4.78 is 30.1. The molecule has 26 heavy (non-hydrogen) atoms. The SMILES string of the molecule is O=C(Nc1ccc(S(=O)(=O)c2ccc(Cl)cn2)cc1)Oc1ccccc1. The fourth-order valence-corrected chi connectivity index (χ4v) is 3.38. The Morgan fingerprint density at radius 2 is 1.65 bits per heavy atom. The first-order valence-electron chi connectivity index (χ1n) is 7.46. The Morgan fingerprint density at radius 1 is 0.962 bits per heavy atom. The third-order valence-corrected chi connectivity index (χ3v) is 5.25. The van der Waals surface area contributed by atoms with Crippen LogP contribution in [0, 0.1) is 0 Å². The summed E-state index contributed by atoms with van der Waals surface area (Å²) in [6, 6.07) is 17.1. The maximum absolute atomic E-state index is 12.5. The van der Waals surface area contributed by atoms with Gasteiger partial charge in [-0.3, -0.25) is 5.32 Å². The number of para-hydroxylation sites is 1. The molecule has 0 saturated carbocycles. The summed E-state index contributed by atoms with van der Waals surface area (Å²) in [5.74, 6) is 0.401. The number of sulfone groups is 1. The quantitative estimate of drug-likeness (QED) is 0.724. The summed E-state index contributed by atoms with van der Waals surface area (Å²) in [7, 11) is -3.76. The highest BCUT2D eigenvalue weighted by atomic mass is 35.5. The van der Waals surface area contributed by atoms with Crippen molar-refractivity contribution in [2.75, 3.05) is 5.32 Å². The van der Waals surface area contributed by atoms with Crippen LogP contribution in [0.25, 0.3) is 0 Å². The summed E-state index contributed by atoms with van der Waals surface area (Å²) in [6.45, 7) is 0. The number of hydrogen-bond acceptors (Lipinski definition) is 5. The van der Waals surface area contributed by atoms with Crippen molar-refractivity contribution >= 4 is 33.2 Å². The van der Waals surface area contributed by atoms with Crippen LogP contribution < -0.4 is 10.1 Å². The molecule has 0 bridgehead atoms. The van der Waals surface area contributed by atoms with Crippen LogP contribution in [0.4, 0.5) is 10.5 Å². The van der Waals surface area contributed by atoms with Gasteiger partial charge in [-0.2, -0.15) is 0 Å². The molecule has 0 atom stereocenters. The van der Waals surface area contributed by atoms with Crippen molar-refractivity contribution in [2.45, 2.75) is 9.92 Å². The fraction of sp³-hybridized carbons (Fsp3) is 0. The topological polar surface area (TPSA) is 85.4 Å². The van der Waals surface area contributed by atoms with Crippen LogP contribution in [-0.4, -0.2) is 19.5 Å². The van der Waals surface area contributed by atoms with Crippen LogP contribution in [0.3, 0.4) is 0 Å². The minimum atomic E-state index is -3.76. The lowest BCUT2D eigenvalue weighted by molar-refractivity contribution is 0.215. The Bertz CT molecular complexity index is 1010. The molecule has 1 N–H and O–H groups in total. The summed E-state index contributed by atoms with van der Waals surface area (Å²) in [5.41, 5.74) is 0.397. The van der Waals surface area contributed by atoms with E-state index in [4.69, 9.17) is 16.3 Å². The van der Waals surface area contributed by atoms with Gasteiger partial charge in [0.15, 0.2) is 5.03 Å². The van der Waals surface area contributed by atoms with E-state index in [1.165, 1.54) is 42.6 Å². The predicted molar refractivity (Wildman–Crippen MR) is 97.2 cm³/mol. The van der Waals surface area contributed by atoms with Crippen molar-refractivity contribution < 1.29 is 17.9 Å². The van der Waals surface area contributed by atoms with Gasteiger partial charge in [0.05, 0.1) is 9.92 Å². The minimum absolute atomic E-state index is 0.0503. The number of halogens is 1. The van der Waals surface area contributed by atoms with Crippen molar-refractivity contribution in [3.8, 4) is 5.75 Å². The van der Waals surface area contributed by atoms with Crippen LogP contribution >= 0.6 is 11.6 Å². The van der Waals surface area contributed by atoms with Gasteiger partial charge >= 0.3 is 6.09 Å². The zero-order valence-corrected chi connectivity index (χ0v) is 14.9. The number of rotatable bonds is 4. The second kappa shape index (κ2) is 7.55. The average molecular weight is 389 g/mol. The Labute approximate surface area is 155 Å². The third-order valence-electron chi connectivity index (χ3n) is 3.34. The molecule has 1 amide bonds. The normalized spacial score (nSPS) is 11.0. The Balaban J connectivity index is 1.72. The number of amides is 1. The van der Waals surface area contributed by atoms with Gasteiger partial charge in [-0.15, -0.1) is 0 Å². The highest BCUT2D eigenvalue weighted by molar-refractivity contribution is 7.91. The maximum Gasteiger partial charge on any atom is 0.417 e. The number of benzene rings is 2. The summed E-state index contributed by atoms with van der Waals surface area (Å²) in [6.07, 6.45) is 0.593. The molecule has 1 aromatic heterocycles. The van der Waals surface area contributed by atoms with Crippen molar-refractivity contribution in [1.82, 2.24) is 4.98 Å². The molecule has 2 aromatic carbocycles. The number of hydrogen-bond donors (Lipinski definition) is 1. The molecule has 0 aliphatic rings. The van der Waals surface area contributed by atoms with Crippen molar-refractivity contribution in [3.05, 3.63) is 77.9 Å². The predicted octanol–water partition coefficient (Wildman–Crippen LogP) is 4.18. The van der Waals surface area contributed by atoms with Crippen LogP contribution in [0.5, 0.6) is 5.75 Å². The molecule has 8 heteroatoms. The number of aromatic nitrogens is 1. The minimum Gasteiger partial charge on any atom is -0.410 e. The molecule has 3 rings (SSSR count). The zero-order valence-electron chi connectivity index (χ0n) is 13.3. The van der Waals surface area contributed by atoms with Gasteiger partial charge in [0, 0.05) is 11.9 Å². The monoisotopic (exact) mass is 388 g/mol. The number of ether oxygens (including phenoxy) is 1. The van der Waals surface area contributed by atoms with E-state index in [0.717, 1.165) is 0 Å². The smallest absolute Gasteiger partial charge is 0.410 e. The van der Waals surface area contributed by atoms with Gasteiger partial charge in [0.1, 0.15) is 5.75 Å². The van der Waals surface area contributed by atoms with Crippen molar-refractivity contribution in [1.29, 1.82) is 0 Å². The summed E-state index contributed by atoms with van der Waals surface area (Å²) in [5, 5.41) is 2.77. The molecule has 0 aliphatic heterocycles. The van der Waals surface area contributed by atoms with E-state index in [-0.39, 0.29) is 9.92 Å². The lowest BCUT2D eigenvalue weighted by Crippen LogP contribution is -2.16. The van der Waals surface area contributed by atoms with E-state index in [1.807, 2.05) is 0 Å². The number of nitrogens with one attached hydrogen (secondary N) is 1. The maximum atomic E-state index is 12.5. The summed E-state index contributed by atoms with van der Waals surface area (Å²) >= 11 is 5.73. The molecule has 132 valence electrons. The molecular formula is C18H13ClN2O4S. The van der Waals surface area contributed by atoms with E-state index >= 15 is 0 Å². The highest BCUT2D eigenvalue weighted by Crippen LogP contribution is 2.22. The summed E-state index contributed by atoms with van der Waals surface area (Å²) in [4.78, 5) is 15.7. The number of anilines is 1. The first-order chi connectivity index (χ1) is 12.4. The van der Waals surface area contributed by atoms with Gasteiger partial charge in [0.2, 0.25) is 9.84 Å². The molecule has 3 aromatic rings. The van der Waals surface area contributed by atoms with Gasteiger partial charge in [-0.05, 0) is 48.5 Å². The highest BCUT2D eigenvalue weighted by Gasteiger charge is 2.19. The van der Waals surface area contributed by atoms with E-state index in [2.05, 4.69) is 10.3 Å². The van der Waals surface area contributed by atoms with Gasteiger partial charge in [-0.25, -0.2) is 18.2 Å². The lowest BCUT2D eigenvalue weighted by atomic mass is 10.3. The number of nitrogens with zero attached hydrogens (tertiary/aromatic N) is 1. The van der Waals surface area contributed by atoms with E-state index in [9.17, 15) is 13.2 Å².